The zero-order valence-electron chi connectivity index (χ0n) is 16.4. The minimum Gasteiger partial charge on any atom is -0.372 e. The second-order valence-electron chi connectivity index (χ2n) is 6.34. The van der Waals surface area contributed by atoms with Crippen LogP contribution in [0.25, 0.3) is 0 Å². The van der Waals surface area contributed by atoms with Gasteiger partial charge in [-0.25, -0.2) is 4.98 Å². The second kappa shape index (κ2) is 8.87. The Balaban J connectivity index is 1.79. The molecule has 0 radical (unpaired) electrons. The number of aromatic nitrogens is 2. The molecule has 0 aliphatic rings. The van der Waals surface area contributed by atoms with Crippen LogP contribution >= 0.6 is 0 Å². The number of hydrogen-bond acceptors (Lipinski definition) is 6. The first-order chi connectivity index (χ1) is 13.6. The van der Waals surface area contributed by atoms with E-state index >= 15 is 0 Å². The summed E-state index contributed by atoms with van der Waals surface area (Å²) < 4.78 is 0. The predicted molar refractivity (Wildman–Crippen MR) is 114 cm³/mol. The minimum absolute atomic E-state index is 0.507. The topological polar surface area (TPSA) is 76.9 Å². The van der Waals surface area contributed by atoms with Crippen LogP contribution in [0.1, 0.15) is 25.1 Å². The largest absolute Gasteiger partial charge is 0.372 e. The van der Waals surface area contributed by atoms with Crippen molar-refractivity contribution < 1.29 is 0 Å². The molecular weight excluding hydrogens is 348 g/mol. The lowest BCUT2D eigenvalue weighted by Crippen LogP contribution is -2.21. The number of nitrogens with one attached hydrogen (secondary N) is 2. The van der Waals surface area contributed by atoms with Gasteiger partial charge in [0.2, 0.25) is 5.95 Å². The molecule has 0 saturated heterocycles. The number of anilines is 5. The highest BCUT2D eigenvalue weighted by Gasteiger charge is 2.07. The highest BCUT2D eigenvalue weighted by molar-refractivity contribution is 5.66. The van der Waals surface area contributed by atoms with Crippen molar-refractivity contribution in [3.8, 4) is 6.07 Å². The lowest BCUT2D eigenvalue weighted by Gasteiger charge is -2.21. The van der Waals surface area contributed by atoms with Gasteiger partial charge in [-0.1, -0.05) is 12.1 Å². The predicted octanol–water partition coefficient (Wildman–Crippen LogP) is 4.99. The first-order valence-corrected chi connectivity index (χ1v) is 9.36. The molecular formula is C22H24N6. The van der Waals surface area contributed by atoms with Crippen LogP contribution in [0.2, 0.25) is 0 Å². The molecule has 28 heavy (non-hydrogen) atoms. The van der Waals surface area contributed by atoms with Gasteiger partial charge in [0.05, 0.1) is 11.3 Å². The maximum Gasteiger partial charge on any atom is 0.229 e. The quantitative estimate of drug-likeness (QED) is 0.608. The molecule has 142 valence electrons. The van der Waals surface area contributed by atoms with Crippen LogP contribution < -0.4 is 15.5 Å². The molecule has 0 unspecified atom stereocenters. The number of benzene rings is 2. The van der Waals surface area contributed by atoms with Crippen molar-refractivity contribution in [3.05, 3.63) is 65.9 Å². The Morgan fingerprint density at radius 2 is 1.68 bits per heavy atom. The molecule has 6 heteroatoms. The van der Waals surface area contributed by atoms with Crippen molar-refractivity contribution >= 4 is 28.8 Å². The number of aryl methyl sites for hydroxylation is 1. The Hall–Kier alpha value is -3.59. The van der Waals surface area contributed by atoms with E-state index in [1.165, 1.54) is 5.69 Å². The number of hydrogen-bond donors (Lipinski definition) is 2. The zero-order valence-corrected chi connectivity index (χ0v) is 16.4. The van der Waals surface area contributed by atoms with Gasteiger partial charge in [0.25, 0.3) is 0 Å². The molecule has 0 saturated carbocycles. The van der Waals surface area contributed by atoms with E-state index in [9.17, 15) is 5.26 Å². The summed E-state index contributed by atoms with van der Waals surface area (Å²) in [5.41, 5.74) is 4.23. The smallest absolute Gasteiger partial charge is 0.229 e. The summed E-state index contributed by atoms with van der Waals surface area (Å²) in [6.07, 6.45) is 0. The van der Waals surface area contributed by atoms with Crippen LogP contribution in [0.4, 0.5) is 28.8 Å². The lowest BCUT2D eigenvalue weighted by atomic mass is 10.2. The third-order valence-electron chi connectivity index (χ3n) is 4.42. The Labute approximate surface area is 165 Å². The summed E-state index contributed by atoms with van der Waals surface area (Å²) in [4.78, 5) is 11.3. The van der Waals surface area contributed by atoms with Crippen LogP contribution in [0.15, 0.2) is 54.6 Å². The van der Waals surface area contributed by atoms with Crippen molar-refractivity contribution in [1.82, 2.24) is 9.97 Å². The van der Waals surface area contributed by atoms with Crippen LogP contribution in [-0.4, -0.2) is 23.1 Å². The van der Waals surface area contributed by atoms with E-state index in [0.29, 0.717) is 17.3 Å². The van der Waals surface area contributed by atoms with Crippen LogP contribution in [0, 0.1) is 18.3 Å². The third kappa shape index (κ3) is 4.57. The average molecular weight is 372 g/mol. The van der Waals surface area contributed by atoms with Crippen molar-refractivity contribution in [2.24, 2.45) is 0 Å². The molecule has 0 aliphatic heterocycles. The van der Waals surface area contributed by atoms with E-state index < -0.39 is 0 Å². The van der Waals surface area contributed by atoms with Gasteiger partial charge < -0.3 is 15.5 Å². The Morgan fingerprint density at radius 1 is 0.964 bits per heavy atom. The summed E-state index contributed by atoms with van der Waals surface area (Å²) in [5.74, 6) is 1.14. The molecule has 2 N–H and O–H groups in total. The van der Waals surface area contributed by atoms with Gasteiger partial charge in [0, 0.05) is 36.2 Å². The number of para-hydroxylation sites is 1. The molecule has 0 bridgehead atoms. The van der Waals surface area contributed by atoms with E-state index in [1.54, 1.807) is 6.07 Å². The molecule has 6 nitrogen and oxygen atoms in total. The van der Waals surface area contributed by atoms with E-state index in [4.69, 9.17) is 0 Å². The van der Waals surface area contributed by atoms with Crippen LogP contribution in [0.5, 0.6) is 0 Å². The van der Waals surface area contributed by atoms with Crippen molar-refractivity contribution in [2.75, 3.05) is 28.6 Å². The molecule has 2 aromatic carbocycles. The van der Waals surface area contributed by atoms with Gasteiger partial charge in [-0.2, -0.15) is 10.2 Å². The minimum atomic E-state index is 0.507. The van der Waals surface area contributed by atoms with Crippen molar-refractivity contribution in [2.45, 2.75) is 20.8 Å². The van der Waals surface area contributed by atoms with Crippen molar-refractivity contribution in [1.29, 1.82) is 5.26 Å². The molecule has 1 heterocycles. The Morgan fingerprint density at radius 3 is 2.36 bits per heavy atom. The monoisotopic (exact) mass is 372 g/mol. The molecule has 0 spiro atoms. The molecule has 0 aliphatic carbocycles. The van der Waals surface area contributed by atoms with E-state index in [-0.39, 0.29) is 0 Å². The molecule has 3 aromatic rings. The lowest BCUT2D eigenvalue weighted by molar-refractivity contribution is 0.866. The van der Waals surface area contributed by atoms with Gasteiger partial charge in [0.1, 0.15) is 11.9 Å². The summed E-state index contributed by atoms with van der Waals surface area (Å²) in [5, 5.41) is 15.7. The molecule has 0 fully saturated rings. The van der Waals surface area contributed by atoms with Gasteiger partial charge in [-0.05, 0) is 57.2 Å². The summed E-state index contributed by atoms with van der Waals surface area (Å²) >= 11 is 0. The summed E-state index contributed by atoms with van der Waals surface area (Å²) in [6, 6.07) is 19.6. The number of rotatable bonds is 7. The number of nitrogens with zero attached hydrogens (tertiary/aromatic N) is 4. The van der Waals surface area contributed by atoms with Gasteiger partial charge in [0.15, 0.2) is 0 Å². The highest BCUT2D eigenvalue weighted by Crippen LogP contribution is 2.23. The van der Waals surface area contributed by atoms with Crippen molar-refractivity contribution in [3.63, 3.8) is 0 Å². The fourth-order valence-corrected chi connectivity index (χ4v) is 2.99. The Bertz CT molecular complexity index is 971. The fraction of sp³-hybridized carbons (Fsp3) is 0.227. The highest BCUT2D eigenvalue weighted by atomic mass is 15.1. The Kier molecular flexibility index (Phi) is 6.07. The average Bonchev–Trinajstić information content (AvgIpc) is 2.70. The van der Waals surface area contributed by atoms with Crippen LogP contribution in [0.3, 0.4) is 0 Å². The standard InChI is InChI=1S/C22H24N6/c1-4-28(5-2)19-12-10-18(11-13-19)25-22-24-16(3)14-21(27-22)26-20-9-7-6-8-17(20)15-23/h6-14H,4-5H2,1-3H3,(H2,24,25,26,27). The molecule has 0 atom stereocenters. The van der Waals surface area contributed by atoms with Gasteiger partial charge >= 0.3 is 0 Å². The van der Waals surface area contributed by atoms with Gasteiger partial charge in [-0.3, -0.25) is 0 Å². The van der Waals surface area contributed by atoms with E-state index in [0.717, 1.165) is 30.2 Å². The number of nitriles is 1. The zero-order chi connectivity index (χ0) is 19.9. The van der Waals surface area contributed by atoms with Crippen LogP contribution in [-0.2, 0) is 0 Å². The summed E-state index contributed by atoms with van der Waals surface area (Å²) in [7, 11) is 0. The molecule has 3 rings (SSSR count). The molecule has 0 amide bonds. The van der Waals surface area contributed by atoms with Gasteiger partial charge in [-0.15, -0.1) is 0 Å². The van der Waals surface area contributed by atoms with E-state index in [2.05, 4.69) is 57.6 Å². The molecule has 1 aromatic heterocycles. The first kappa shape index (κ1) is 19.2. The SMILES string of the molecule is CCN(CC)c1ccc(Nc2nc(C)cc(Nc3ccccc3C#N)n2)cc1. The maximum absolute atomic E-state index is 9.26. The van der Waals surface area contributed by atoms with E-state index in [1.807, 2.05) is 43.3 Å². The maximum atomic E-state index is 9.26. The second-order valence-corrected chi connectivity index (χ2v) is 6.34. The third-order valence-corrected chi connectivity index (χ3v) is 4.42. The summed E-state index contributed by atoms with van der Waals surface area (Å²) in [6.45, 7) is 8.16. The first-order valence-electron chi connectivity index (χ1n) is 9.36. The normalized spacial score (nSPS) is 10.2. The fourth-order valence-electron chi connectivity index (χ4n) is 2.99.